The second-order valence-electron chi connectivity index (χ2n) is 7.69. The molecule has 180 valence electrons. The second-order valence-corrected chi connectivity index (χ2v) is 11.3. The number of nitrogens with zero attached hydrogens (tertiary/aromatic N) is 1. The van der Waals surface area contributed by atoms with Gasteiger partial charge in [0.2, 0.25) is 15.9 Å². The Kier molecular flexibility index (Phi) is 7.27. The largest absolute Gasteiger partial charge is 0.325 e. The molecule has 0 bridgehead atoms. The molecule has 0 saturated carbocycles. The number of hydrogen-bond donors (Lipinski definition) is 2. The maximum Gasteiger partial charge on any atom is 0.261 e. The van der Waals surface area contributed by atoms with Crippen molar-refractivity contribution in [2.45, 2.75) is 18.7 Å². The van der Waals surface area contributed by atoms with Crippen molar-refractivity contribution in [3.05, 3.63) is 83.7 Å². The van der Waals surface area contributed by atoms with E-state index < -0.39 is 38.3 Å². The molecule has 8 nitrogen and oxygen atoms in total. The minimum Gasteiger partial charge on any atom is -0.325 e. The lowest BCUT2D eigenvalue weighted by molar-refractivity contribution is -0.114. The molecule has 2 N–H and O–H groups in total. The standard InChI is InChI=1S/C23H24FN3O5S2/c1-16-5-4-6-17(2)23(16)27(33(3,29)30)15-22(28)25-19-11-13-21(14-12-19)34(31,32)26-20-9-7-18(24)8-10-20/h4-14,26H,15H2,1-3H3,(H,25,28). The van der Waals surface area contributed by atoms with E-state index >= 15 is 0 Å². The van der Waals surface area contributed by atoms with Crippen LogP contribution < -0.4 is 14.3 Å². The van der Waals surface area contributed by atoms with Crippen LogP contribution in [0, 0.1) is 19.7 Å². The van der Waals surface area contributed by atoms with Gasteiger partial charge in [-0.05, 0) is 73.5 Å². The Hall–Kier alpha value is -3.44. The van der Waals surface area contributed by atoms with Gasteiger partial charge >= 0.3 is 0 Å². The molecule has 0 spiro atoms. The van der Waals surface area contributed by atoms with Gasteiger partial charge in [0.25, 0.3) is 10.0 Å². The third-order valence-electron chi connectivity index (χ3n) is 4.92. The van der Waals surface area contributed by atoms with E-state index in [1.165, 1.54) is 36.4 Å². The Bertz CT molecular complexity index is 1390. The number of aryl methyl sites for hydroxylation is 2. The van der Waals surface area contributed by atoms with Crippen molar-refractivity contribution in [1.29, 1.82) is 0 Å². The SMILES string of the molecule is Cc1cccc(C)c1N(CC(=O)Nc1ccc(S(=O)(=O)Nc2ccc(F)cc2)cc1)S(C)(=O)=O. The van der Waals surface area contributed by atoms with Crippen LogP contribution in [0.15, 0.2) is 71.6 Å². The third kappa shape index (κ3) is 6.12. The summed E-state index contributed by atoms with van der Waals surface area (Å²) in [5.74, 6) is -1.08. The fraction of sp³-hybridized carbons (Fsp3) is 0.174. The van der Waals surface area contributed by atoms with Crippen molar-refractivity contribution in [2.75, 3.05) is 27.1 Å². The van der Waals surface area contributed by atoms with Gasteiger partial charge in [-0.2, -0.15) is 0 Å². The summed E-state index contributed by atoms with van der Waals surface area (Å²) < 4.78 is 66.3. The molecule has 0 saturated heterocycles. The lowest BCUT2D eigenvalue weighted by atomic mass is 10.1. The van der Waals surface area contributed by atoms with Gasteiger partial charge in [0.15, 0.2) is 0 Å². The van der Waals surface area contributed by atoms with Crippen molar-refractivity contribution in [2.24, 2.45) is 0 Å². The van der Waals surface area contributed by atoms with Crippen molar-refractivity contribution >= 4 is 43.0 Å². The Morgan fingerprint density at radius 1 is 0.853 bits per heavy atom. The number of sulfonamides is 2. The molecule has 1 amide bonds. The van der Waals surface area contributed by atoms with Crippen LogP contribution in [0.4, 0.5) is 21.5 Å². The number of hydrogen-bond acceptors (Lipinski definition) is 5. The molecule has 0 unspecified atom stereocenters. The van der Waals surface area contributed by atoms with Gasteiger partial charge in [0.1, 0.15) is 12.4 Å². The predicted octanol–water partition coefficient (Wildman–Crippen LogP) is 3.65. The predicted molar refractivity (Wildman–Crippen MR) is 130 cm³/mol. The lowest BCUT2D eigenvalue weighted by Gasteiger charge is -2.25. The summed E-state index contributed by atoms with van der Waals surface area (Å²) in [4.78, 5) is 12.6. The smallest absolute Gasteiger partial charge is 0.261 e. The van der Waals surface area contributed by atoms with Crippen LogP contribution in [0.3, 0.4) is 0 Å². The number of carbonyl (C=O) groups is 1. The molecule has 0 aliphatic heterocycles. The van der Waals surface area contributed by atoms with Crippen molar-refractivity contribution in [1.82, 2.24) is 0 Å². The molecule has 3 rings (SSSR count). The van der Waals surface area contributed by atoms with Crippen molar-refractivity contribution in [3.8, 4) is 0 Å². The van der Waals surface area contributed by atoms with E-state index in [0.29, 0.717) is 22.5 Å². The van der Waals surface area contributed by atoms with Gasteiger partial charge in [0, 0.05) is 11.4 Å². The molecule has 3 aromatic rings. The average Bonchev–Trinajstić information content (AvgIpc) is 2.74. The van der Waals surface area contributed by atoms with E-state index in [-0.39, 0.29) is 10.6 Å². The summed E-state index contributed by atoms with van der Waals surface area (Å²) in [6.07, 6.45) is 1.03. The number of para-hydroxylation sites is 1. The van der Waals surface area contributed by atoms with Crippen LogP contribution in [0.1, 0.15) is 11.1 Å². The number of anilines is 3. The highest BCUT2D eigenvalue weighted by Crippen LogP contribution is 2.27. The van der Waals surface area contributed by atoms with E-state index in [2.05, 4.69) is 10.0 Å². The van der Waals surface area contributed by atoms with Gasteiger partial charge in [-0.25, -0.2) is 21.2 Å². The van der Waals surface area contributed by atoms with Crippen molar-refractivity contribution < 1.29 is 26.0 Å². The van der Waals surface area contributed by atoms with Crippen LogP contribution in [0.5, 0.6) is 0 Å². The average molecular weight is 506 g/mol. The van der Waals surface area contributed by atoms with Gasteiger partial charge in [-0.3, -0.25) is 13.8 Å². The number of rotatable bonds is 8. The summed E-state index contributed by atoms with van der Waals surface area (Å²) in [6, 6.07) is 15.6. The fourth-order valence-electron chi connectivity index (χ4n) is 3.34. The van der Waals surface area contributed by atoms with Crippen LogP contribution in [0.25, 0.3) is 0 Å². The number of nitrogens with one attached hydrogen (secondary N) is 2. The molecule has 0 aliphatic carbocycles. The molecule has 11 heteroatoms. The van der Waals surface area contributed by atoms with Crippen LogP contribution in [-0.2, 0) is 24.8 Å². The zero-order chi connectivity index (χ0) is 25.1. The summed E-state index contributed by atoms with van der Waals surface area (Å²) in [6.45, 7) is 3.08. The Labute approximate surface area is 198 Å². The first-order valence-electron chi connectivity index (χ1n) is 10.1. The number of carbonyl (C=O) groups excluding carboxylic acids is 1. The minimum absolute atomic E-state index is 0.0666. The first-order chi connectivity index (χ1) is 15.9. The van der Waals surface area contributed by atoms with E-state index in [4.69, 9.17) is 0 Å². The quantitative estimate of drug-likeness (QED) is 0.485. The normalized spacial score (nSPS) is 11.6. The number of amides is 1. The van der Waals surface area contributed by atoms with Crippen LogP contribution >= 0.6 is 0 Å². The molecule has 0 fully saturated rings. The summed E-state index contributed by atoms with van der Waals surface area (Å²) >= 11 is 0. The Morgan fingerprint density at radius 2 is 1.38 bits per heavy atom. The second kappa shape index (κ2) is 9.82. The molecular formula is C23H24FN3O5S2. The molecule has 0 heterocycles. The molecule has 0 aliphatic rings. The van der Waals surface area contributed by atoms with Crippen LogP contribution in [0.2, 0.25) is 0 Å². The highest BCUT2D eigenvalue weighted by atomic mass is 32.2. The molecule has 0 radical (unpaired) electrons. The van der Waals surface area contributed by atoms with Gasteiger partial charge in [-0.1, -0.05) is 18.2 Å². The van der Waals surface area contributed by atoms with E-state index in [1.807, 2.05) is 0 Å². The monoisotopic (exact) mass is 505 g/mol. The van der Waals surface area contributed by atoms with Crippen LogP contribution in [-0.4, -0.2) is 35.5 Å². The summed E-state index contributed by atoms with van der Waals surface area (Å²) in [7, 11) is -7.68. The van der Waals surface area contributed by atoms with Gasteiger partial charge in [-0.15, -0.1) is 0 Å². The molecule has 34 heavy (non-hydrogen) atoms. The maximum absolute atomic E-state index is 13.0. The first kappa shape index (κ1) is 25.2. The first-order valence-corrected chi connectivity index (χ1v) is 13.4. The Balaban J connectivity index is 1.74. The highest BCUT2D eigenvalue weighted by molar-refractivity contribution is 7.92. The Morgan fingerprint density at radius 3 is 1.91 bits per heavy atom. The number of benzene rings is 3. The lowest BCUT2D eigenvalue weighted by Crippen LogP contribution is -2.38. The highest BCUT2D eigenvalue weighted by Gasteiger charge is 2.24. The van der Waals surface area contributed by atoms with E-state index in [0.717, 1.165) is 22.7 Å². The molecule has 0 aromatic heterocycles. The van der Waals surface area contributed by atoms with Gasteiger partial charge in [0.05, 0.1) is 16.8 Å². The summed E-state index contributed by atoms with van der Waals surface area (Å²) in [5.41, 5.74) is 2.35. The number of halogens is 1. The summed E-state index contributed by atoms with van der Waals surface area (Å²) in [5, 5.41) is 2.59. The fourth-order valence-corrected chi connectivity index (χ4v) is 5.37. The van der Waals surface area contributed by atoms with E-state index in [9.17, 15) is 26.0 Å². The van der Waals surface area contributed by atoms with E-state index in [1.54, 1.807) is 32.0 Å². The van der Waals surface area contributed by atoms with Crippen molar-refractivity contribution in [3.63, 3.8) is 0 Å². The topological polar surface area (TPSA) is 113 Å². The zero-order valence-corrected chi connectivity index (χ0v) is 20.4. The zero-order valence-electron chi connectivity index (χ0n) is 18.7. The third-order valence-corrected chi connectivity index (χ3v) is 7.43. The molecular weight excluding hydrogens is 481 g/mol. The molecule has 0 atom stereocenters. The molecule has 3 aromatic carbocycles. The minimum atomic E-state index is -3.93. The van der Waals surface area contributed by atoms with Gasteiger partial charge < -0.3 is 5.32 Å². The maximum atomic E-state index is 13.0.